The molecule has 0 heterocycles. The minimum Gasteiger partial charge on any atom is -0.497 e. The molecule has 0 aliphatic rings. The third-order valence-corrected chi connectivity index (χ3v) is 3.79. The minimum atomic E-state index is -0.855. The van der Waals surface area contributed by atoms with Gasteiger partial charge in [0, 0.05) is 19.7 Å². The third-order valence-electron chi connectivity index (χ3n) is 3.79. The van der Waals surface area contributed by atoms with Crippen molar-refractivity contribution in [3.05, 3.63) is 71.8 Å². The van der Waals surface area contributed by atoms with Gasteiger partial charge in [0.25, 0.3) is 5.91 Å². The van der Waals surface area contributed by atoms with Gasteiger partial charge in [-0.3, -0.25) is 4.79 Å². The Morgan fingerprint density at radius 2 is 1.85 bits per heavy atom. The smallest absolute Gasteiger partial charge is 0.331 e. The Bertz CT molecular complexity index is 771. The molecule has 136 valence electrons. The van der Waals surface area contributed by atoms with E-state index in [1.165, 1.54) is 6.08 Å². The van der Waals surface area contributed by atoms with Gasteiger partial charge in [-0.05, 0) is 36.3 Å². The molecule has 1 amide bonds. The summed E-state index contributed by atoms with van der Waals surface area (Å²) in [6.45, 7) is 2.03. The first-order chi connectivity index (χ1) is 12.5. The van der Waals surface area contributed by atoms with Crippen LogP contribution >= 0.6 is 0 Å². The van der Waals surface area contributed by atoms with Crippen LogP contribution in [0.2, 0.25) is 0 Å². The summed E-state index contributed by atoms with van der Waals surface area (Å²) < 4.78 is 10.3. The van der Waals surface area contributed by atoms with Crippen molar-refractivity contribution in [2.45, 2.75) is 19.6 Å². The maximum atomic E-state index is 12.3. The van der Waals surface area contributed by atoms with Crippen LogP contribution in [0.25, 0.3) is 6.08 Å². The number of hydrogen-bond acceptors (Lipinski definition) is 4. The standard InChI is InChI=1S/C21H23NO4/c1-16(21(24)22(2)15-18-8-5-4-6-9-18)26-20(23)13-12-17-10-7-11-19(14-17)25-3/h4-14,16H,15H2,1-3H3/b13-12+. The molecule has 0 aromatic heterocycles. The van der Waals surface area contributed by atoms with E-state index in [1.807, 2.05) is 48.5 Å². The van der Waals surface area contributed by atoms with E-state index in [0.717, 1.165) is 11.1 Å². The molecule has 1 atom stereocenters. The van der Waals surface area contributed by atoms with Crippen LogP contribution < -0.4 is 4.74 Å². The zero-order valence-corrected chi connectivity index (χ0v) is 15.2. The predicted molar refractivity (Wildman–Crippen MR) is 100 cm³/mol. The number of hydrogen-bond donors (Lipinski definition) is 0. The van der Waals surface area contributed by atoms with Crippen molar-refractivity contribution in [2.24, 2.45) is 0 Å². The average molecular weight is 353 g/mol. The van der Waals surface area contributed by atoms with Crippen molar-refractivity contribution in [1.82, 2.24) is 4.90 Å². The molecule has 0 radical (unpaired) electrons. The van der Waals surface area contributed by atoms with E-state index in [2.05, 4.69) is 0 Å². The Kier molecular flexibility index (Phi) is 6.97. The summed E-state index contributed by atoms with van der Waals surface area (Å²) in [6, 6.07) is 16.9. The summed E-state index contributed by atoms with van der Waals surface area (Å²) in [5, 5.41) is 0. The first-order valence-electron chi connectivity index (χ1n) is 8.31. The SMILES string of the molecule is COc1cccc(/C=C/C(=O)OC(C)C(=O)N(C)Cc2ccccc2)c1. The lowest BCUT2D eigenvalue weighted by Gasteiger charge is -2.21. The molecule has 2 aromatic rings. The minimum absolute atomic E-state index is 0.253. The van der Waals surface area contributed by atoms with Gasteiger partial charge in [-0.1, -0.05) is 42.5 Å². The van der Waals surface area contributed by atoms with Gasteiger partial charge in [-0.25, -0.2) is 4.79 Å². The molecule has 0 saturated heterocycles. The maximum absolute atomic E-state index is 12.3. The summed E-state index contributed by atoms with van der Waals surface area (Å²) >= 11 is 0. The van der Waals surface area contributed by atoms with E-state index in [0.29, 0.717) is 12.3 Å². The number of amides is 1. The molecule has 0 N–H and O–H groups in total. The number of rotatable bonds is 7. The van der Waals surface area contributed by atoms with Crippen molar-refractivity contribution in [3.8, 4) is 5.75 Å². The molecular weight excluding hydrogens is 330 g/mol. The maximum Gasteiger partial charge on any atom is 0.331 e. The van der Waals surface area contributed by atoms with Crippen LogP contribution in [0.15, 0.2) is 60.7 Å². The van der Waals surface area contributed by atoms with Crippen LogP contribution in [0.4, 0.5) is 0 Å². The summed E-state index contributed by atoms with van der Waals surface area (Å²) in [5.74, 6) is -0.120. The number of benzene rings is 2. The summed E-state index contributed by atoms with van der Waals surface area (Å²) in [6.07, 6.45) is 2.07. The van der Waals surface area contributed by atoms with Crippen molar-refractivity contribution in [1.29, 1.82) is 0 Å². The lowest BCUT2D eigenvalue weighted by Crippen LogP contribution is -2.36. The van der Waals surface area contributed by atoms with E-state index in [9.17, 15) is 9.59 Å². The largest absolute Gasteiger partial charge is 0.497 e. The van der Waals surface area contributed by atoms with Crippen molar-refractivity contribution < 1.29 is 19.1 Å². The topological polar surface area (TPSA) is 55.8 Å². The number of nitrogens with zero attached hydrogens (tertiary/aromatic N) is 1. The highest BCUT2D eigenvalue weighted by Crippen LogP contribution is 2.14. The van der Waals surface area contributed by atoms with Crippen LogP contribution in [0.5, 0.6) is 5.75 Å². The molecular formula is C21H23NO4. The summed E-state index contributed by atoms with van der Waals surface area (Å²) in [5.41, 5.74) is 1.82. The van der Waals surface area contributed by atoms with Gasteiger partial charge < -0.3 is 14.4 Å². The molecule has 0 spiro atoms. The zero-order valence-electron chi connectivity index (χ0n) is 15.2. The van der Waals surface area contributed by atoms with E-state index in [-0.39, 0.29) is 5.91 Å². The average Bonchev–Trinajstić information content (AvgIpc) is 2.66. The molecule has 5 heteroatoms. The van der Waals surface area contributed by atoms with Gasteiger partial charge in [0.1, 0.15) is 5.75 Å². The van der Waals surface area contributed by atoms with Crippen LogP contribution in [-0.2, 0) is 20.9 Å². The van der Waals surface area contributed by atoms with Crippen LogP contribution in [0.3, 0.4) is 0 Å². The fourth-order valence-electron chi connectivity index (χ4n) is 2.42. The molecule has 26 heavy (non-hydrogen) atoms. The second-order valence-corrected chi connectivity index (χ2v) is 5.87. The quantitative estimate of drug-likeness (QED) is 0.566. The first kappa shape index (κ1) is 19.2. The number of carbonyl (C=O) groups excluding carboxylic acids is 2. The van der Waals surface area contributed by atoms with E-state index in [4.69, 9.17) is 9.47 Å². The summed E-state index contributed by atoms with van der Waals surface area (Å²) in [7, 11) is 3.27. The Labute approximate surface area is 153 Å². The molecule has 0 aliphatic heterocycles. The molecule has 0 bridgehead atoms. The first-order valence-corrected chi connectivity index (χ1v) is 8.31. The highest BCUT2D eigenvalue weighted by Gasteiger charge is 2.20. The molecule has 0 saturated carbocycles. The lowest BCUT2D eigenvalue weighted by atomic mass is 10.2. The van der Waals surface area contributed by atoms with E-state index < -0.39 is 12.1 Å². The second kappa shape index (κ2) is 9.42. The Morgan fingerprint density at radius 1 is 1.12 bits per heavy atom. The van der Waals surface area contributed by atoms with Gasteiger partial charge in [-0.2, -0.15) is 0 Å². The van der Waals surface area contributed by atoms with Crippen molar-refractivity contribution in [3.63, 3.8) is 0 Å². The second-order valence-electron chi connectivity index (χ2n) is 5.87. The number of esters is 1. The Morgan fingerprint density at radius 3 is 2.54 bits per heavy atom. The van der Waals surface area contributed by atoms with Gasteiger partial charge >= 0.3 is 5.97 Å². The number of carbonyl (C=O) groups is 2. The van der Waals surface area contributed by atoms with Crippen molar-refractivity contribution >= 4 is 18.0 Å². The number of likely N-dealkylation sites (N-methyl/N-ethyl adjacent to an activating group) is 1. The lowest BCUT2D eigenvalue weighted by molar-refractivity contribution is -0.154. The van der Waals surface area contributed by atoms with Crippen molar-refractivity contribution in [2.75, 3.05) is 14.2 Å². The van der Waals surface area contributed by atoms with E-state index in [1.54, 1.807) is 38.1 Å². The molecule has 1 unspecified atom stereocenters. The normalized spacial score (nSPS) is 11.8. The third kappa shape index (κ3) is 5.77. The Balaban J connectivity index is 1.88. The molecule has 0 aliphatic carbocycles. The molecule has 2 aromatic carbocycles. The fourth-order valence-corrected chi connectivity index (χ4v) is 2.42. The molecule has 5 nitrogen and oxygen atoms in total. The Hall–Kier alpha value is -3.08. The van der Waals surface area contributed by atoms with Gasteiger partial charge in [-0.15, -0.1) is 0 Å². The summed E-state index contributed by atoms with van der Waals surface area (Å²) in [4.78, 5) is 25.8. The highest BCUT2D eigenvalue weighted by atomic mass is 16.5. The molecule has 0 fully saturated rings. The van der Waals surface area contributed by atoms with Crippen LogP contribution in [0, 0.1) is 0 Å². The number of methoxy groups -OCH3 is 1. The zero-order chi connectivity index (χ0) is 18.9. The van der Waals surface area contributed by atoms with Gasteiger partial charge in [0.15, 0.2) is 6.10 Å². The van der Waals surface area contributed by atoms with Crippen LogP contribution in [-0.4, -0.2) is 37.0 Å². The van der Waals surface area contributed by atoms with Crippen LogP contribution in [0.1, 0.15) is 18.1 Å². The predicted octanol–water partition coefficient (Wildman–Crippen LogP) is 3.30. The molecule has 2 rings (SSSR count). The highest BCUT2D eigenvalue weighted by molar-refractivity contribution is 5.90. The monoisotopic (exact) mass is 353 g/mol. The van der Waals surface area contributed by atoms with Gasteiger partial charge in [0.2, 0.25) is 0 Å². The fraction of sp³-hybridized carbons (Fsp3) is 0.238. The number of ether oxygens (including phenoxy) is 2. The van der Waals surface area contributed by atoms with Gasteiger partial charge in [0.05, 0.1) is 7.11 Å². The van der Waals surface area contributed by atoms with E-state index >= 15 is 0 Å².